The van der Waals surface area contributed by atoms with Crippen molar-refractivity contribution in [3.63, 3.8) is 0 Å². The van der Waals surface area contributed by atoms with Gasteiger partial charge < -0.3 is 19.2 Å². The lowest BCUT2D eigenvalue weighted by atomic mass is 9.81. The predicted octanol–water partition coefficient (Wildman–Crippen LogP) is 7.88. The number of benzene rings is 2. The average molecular weight is 1020 g/mol. The second-order valence-electron chi connectivity index (χ2n) is 18.0. The van der Waals surface area contributed by atoms with Crippen LogP contribution < -0.4 is 15.0 Å². The average Bonchev–Trinajstić information content (AvgIpc) is 4.28. The molecule has 4 fully saturated rings. The SMILES string of the molecule is N#Cc1c(-c2ccc(S(=O)(=O)NC(CF)CF)cn2)n(C2CCC2)c2cc(C3CC3)ccc12.N#Cc1c(B(O)O)n(C2CCC2)c2cc(C3CC3)ccc12.O=S(=O)(NC(CF)CF)c1ccc(Cl)nc1. The summed E-state index contributed by atoms with van der Waals surface area (Å²) in [5.41, 5.74) is 7.08. The molecule has 0 saturated heterocycles. The number of hydrogen-bond donors (Lipinski definition) is 4. The Labute approximate surface area is 408 Å². The fourth-order valence-corrected chi connectivity index (χ4v) is 11.2. The van der Waals surface area contributed by atoms with Gasteiger partial charge in [0.05, 0.1) is 45.7 Å². The zero-order valence-corrected chi connectivity index (χ0v) is 40.2. The third kappa shape index (κ3) is 10.8. The van der Waals surface area contributed by atoms with Gasteiger partial charge in [0.1, 0.15) is 53.8 Å². The summed E-state index contributed by atoms with van der Waals surface area (Å²) in [6, 6.07) is 20.1. The van der Waals surface area contributed by atoms with Crippen LogP contribution >= 0.6 is 11.6 Å². The van der Waals surface area contributed by atoms with Crippen LogP contribution in [0.25, 0.3) is 33.2 Å². The lowest BCUT2D eigenvalue weighted by molar-refractivity contribution is 0.321. The molecule has 2 aromatic carbocycles. The minimum Gasteiger partial charge on any atom is -0.422 e. The summed E-state index contributed by atoms with van der Waals surface area (Å²) in [6.07, 6.45) is 13.4. The van der Waals surface area contributed by atoms with Crippen molar-refractivity contribution < 1.29 is 44.4 Å². The number of hydrogen-bond acceptors (Lipinski definition) is 10. The standard InChI is InChI=1S/C24H24F2N4O2S.C16H17BN2O2.C8H9ClF2N2O2S/c25-11-17(12-26)29-33(31,32)19-7-9-22(28-14-19)24-21(13-27)20-8-6-16(15-4-5-15)10-23(20)30(24)18-2-1-3-18;18-9-14-13-7-6-11(10-4-5-10)8-15(13)19(12-2-1-3-12)16(14)17(20)21;9-8-2-1-7(5-12-8)16(14,15)13-6(3-10)4-11/h6-10,14-15,17-18,29H,1-5,11-12H2;6-8,10,12,20-21H,1-5H2;1-2,5-6,13H,3-4H2. The highest BCUT2D eigenvalue weighted by atomic mass is 35.5. The second kappa shape index (κ2) is 21.5. The van der Waals surface area contributed by atoms with E-state index in [2.05, 4.69) is 50.9 Å². The van der Waals surface area contributed by atoms with Gasteiger partial charge in [-0.2, -0.15) is 10.5 Å². The van der Waals surface area contributed by atoms with E-state index in [9.17, 15) is 55.0 Å². The number of nitrogens with one attached hydrogen (secondary N) is 2. The molecule has 0 spiro atoms. The lowest BCUT2D eigenvalue weighted by Gasteiger charge is -2.30. The molecule has 4 aliphatic carbocycles. The van der Waals surface area contributed by atoms with E-state index in [-0.39, 0.29) is 21.0 Å². The Kier molecular flexibility index (Phi) is 15.7. The molecule has 0 atom stereocenters. The molecule has 4 aliphatic rings. The number of alkyl halides is 4. The zero-order chi connectivity index (χ0) is 49.9. The van der Waals surface area contributed by atoms with Crippen LogP contribution in [0.3, 0.4) is 0 Å². The van der Waals surface area contributed by atoms with Gasteiger partial charge in [-0.3, -0.25) is 4.98 Å². The van der Waals surface area contributed by atoms with Crippen molar-refractivity contribution in [1.29, 1.82) is 10.5 Å². The van der Waals surface area contributed by atoms with Gasteiger partial charge in [0.15, 0.2) is 0 Å². The maximum atomic E-state index is 12.8. The molecule has 14 nitrogen and oxygen atoms in total. The Balaban J connectivity index is 0.000000153. The first kappa shape index (κ1) is 51.0. The van der Waals surface area contributed by atoms with Gasteiger partial charge in [-0.05, 0) is 124 Å². The van der Waals surface area contributed by atoms with Crippen LogP contribution in [0.5, 0.6) is 0 Å². The summed E-state index contributed by atoms with van der Waals surface area (Å²) in [6.45, 7) is -4.51. The molecule has 0 bridgehead atoms. The number of nitrogens with zero attached hydrogens (tertiary/aromatic N) is 6. The van der Waals surface area contributed by atoms with Crippen LogP contribution in [0, 0.1) is 22.7 Å². The smallest absolute Gasteiger partial charge is 0.422 e. The van der Waals surface area contributed by atoms with Gasteiger partial charge in [-0.15, -0.1) is 0 Å². The van der Waals surface area contributed by atoms with Crippen molar-refractivity contribution in [1.82, 2.24) is 28.5 Å². The fourth-order valence-electron chi connectivity index (χ4n) is 8.80. The number of halogens is 5. The molecular formula is C48H50BClF4N8O6S2. The largest absolute Gasteiger partial charge is 0.507 e. The van der Waals surface area contributed by atoms with E-state index in [4.69, 9.17) is 11.6 Å². The molecule has 368 valence electrons. The maximum absolute atomic E-state index is 12.8. The van der Waals surface area contributed by atoms with Gasteiger partial charge in [0.25, 0.3) is 0 Å². The van der Waals surface area contributed by atoms with E-state index in [0.717, 1.165) is 66.5 Å². The molecule has 70 heavy (non-hydrogen) atoms. The van der Waals surface area contributed by atoms with E-state index in [0.29, 0.717) is 46.0 Å². The molecule has 0 amide bonds. The summed E-state index contributed by atoms with van der Waals surface area (Å²) in [4.78, 5) is 7.56. The predicted molar refractivity (Wildman–Crippen MR) is 257 cm³/mol. The minimum absolute atomic E-state index is 0.131. The highest BCUT2D eigenvalue weighted by Crippen LogP contribution is 2.46. The normalized spacial score (nSPS) is 16.2. The van der Waals surface area contributed by atoms with E-state index < -0.39 is 65.9 Å². The van der Waals surface area contributed by atoms with Gasteiger partial charge in [-0.1, -0.05) is 35.9 Å². The van der Waals surface area contributed by atoms with Crippen LogP contribution in [0.15, 0.2) is 82.8 Å². The fraction of sp³-hybridized carbons (Fsp3) is 0.417. The molecule has 4 aromatic heterocycles. The van der Waals surface area contributed by atoms with Crippen molar-refractivity contribution in [3.8, 4) is 23.5 Å². The first-order chi connectivity index (χ1) is 33.7. The monoisotopic (exact) mass is 1020 g/mol. The van der Waals surface area contributed by atoms with Crippen molar-refractivity contribution in [2.75, 3.05) is 26.7 Å². The number of rotatable bonds is 16. The van der Waals surface area contributed by atoms with Crippen LogP contribution in [-0.2, 0) is 20.0 Å². The highest BCUT2D eigenvalue weighted by Gasteiger charge is 2.34. The van der Waals surface area contributed by atoms with Crippen molar-refractivity contribution >= 4 is 66.2 Å². The molecule has 6 aromatic rings. The minimum atomic E-state index is -4.12. The number of nitriles is 2. The molecule has 4 N–H and O–H groups in total. The van der Waals surface area contributed by atoms with Crippen LogP contribution in [-0.4, -0.2) is 91.9 Å². The Morgan fingerprint density at radius 1 is 0.657 bits per heavy atom. The van der Waals surface area contributed by atoms with Crippen LogP contribution in [0.1, 0.15) is 110 Å². The number of sulfonamides is 2. The van der Waals surface area contributed by atoms with Crippen LogP contribution in [0.4, 0.5) is 17.6 Å². The van der Waals surface area contributed by atoms with E-state index in [1.54, 1.807) is 6.07 Å². The quantitative estimate of drug-likeness (QED) is 0.0418. The van der Waals surface area contributed by atoms with E-state index in [1.165, 1.54) is 61.2 Å². The Morgan fingerprint density at radius 3 is 1.50 bits per heavy atom. The van der Waals surface area contributed by atoms with Gasteiger partial charge in [0.2, 0.25) is 20.0 Å². The lowest BCUT2D eigenvalue weighted by Crippen LogP contribution is -2.41. The number of fused-ring (bicyclic) bond motifs is 2. The molecule has 0 radical (unpaired) electrons. The molecule has 22 heteroatoms. The Morgan fingerprint density at radius 2 is 1.11 bits per heavy atom. The third-order valence-electron chi connectivity index (χ3n) is 13.2. The first-order valence-corrected chi connectivity index (χ1v) is 26.4. The molecule has 0 aliphatic heterocycles. The van der Waals surface area contributed by atoms with Gasteiger partial charge >= 0.3 is 7.12 Å². The van der Waals surface area contributed by atoms with Gasteiger partial charge in [-0.25, -0.2) is 48.8 Å². The topological polar surface area (TPSA) is 216 Å². The molecule has 4 heterocycles. The summed E-state index contributed by atoms with van der Waals surface area (Å²) >= 11 is 5.48. The van der Waals surface area contributed by atoms with E-state index in [1.807, 2.05) is 26.1 Å². The summed E-state index contributed by atoms with van der Waals surface area (Å²) < 4.78 is 106. The summed E-state index contributed by atoms with van der Waals surface area (Å²) in [5, 5.41) is 40.8. The number of pyridine rings is 2. The Hall–Kier alpha value is -5.39. The first-order valence-electron chi connectivity index (χ1n) is 23.0. The Bertz CT molecular complexity index is 3160. The molecule has 0 unspecified atom stereocenters. The molecular weight excluding hydrogens is 971 g/mol. The van der Waals surface area contributed by atoms with E-state index >= 15 is 0 Å². The van der Waals surface area contributed by atoms with Crippen molar-refractivity contribution in [2.24, 2.45) is 0 Å². The van der Waals surface area contributed by atoms with Gasteiger partial charge in [0, 0.05) is 40.8 Å². The van der Waals surface area contributed by atoms with Crippen molar-refractivity contribution in [2.45, 2.75) is 110 Å². The molecule has 4 saturated carbocycles. The summed E-state index contributed by atoms with van der Waals surface area (Å²) in [5.74, 6) is 1.23. The summed E-state index contributed by atoms with van der Waals surface area (Å²) in [7, 11) is -9.67. The zero-order valence-electron chi connectivity index (χ0n) is 37.8. The van der Waals surface area contributed by atoms with Crippen molar-refractivity contribution in [3.05, 3.63) is 100 Å². The maximum Gasteiger partial charge on any atom is 0.507 e. The number of aromatic nitrogens is 4. The molecule has 10 rings (SSSR count). The van der Waals surface area contributed by atoms with Crippen LogP contribution in [0.2, 0.25) is 5.15 Å². The second-order valence-corrected chi connectivity index (χ2v) is 21.9. The highest BCUT2D eigenvalue weighted by molar-refractivity contribution is 7.89. The third-order valence-corrected chi connectivity index (χ3v) is 16.5.